The summed E-state index contributed by atoms with van der Waals surface area (Å²) in [6, 6.07) is 26.5. The molecule has 4 aromatic rings. The van der Waals surface area contributed by atoms with Gasteiger partial charge in [-0.05, 0) is 66.5 Å². The molecule has 148 valence electrons. The first-order chi connectivity index (χ1) is 14.6. The highest BCUT2D eigenvalue weighted by Gasteiger charge is 2.07. The summed E-state index contributed by atoms with van der Waals surface area (Å²) in [4.78, 5) is 0. The van der Waals surface area contributed by atoms with Crippen molar-refractivity contribution in [3.05, 3.63) is 118 Å². The largest absolute Gasteiger partial charge is 0.205 e. The van der Waals surface area contributed by atoms with Gasteiger partial charge in [-0.25, -0.2) is 4.39 Å². The molecule has 0 bridgehead atoms. The molecule has 1 heteroatoms. The van der Waals surface area contributed by atoms with E-state index < -0.39 is 0 Å². The van der Waals surface area contributed by atoms with Crippen LogP contribution in [0.15, 0.2) is 78.9 Å². The van der Waals surface area contributed by atoms with Crippen LogP contribution >= 0.6 is 0 Å². The molecule has 0 aliphatic rings. The quantitative estimate of drug-likeness (QED) is 0.327. The number of benzene rings is 4. The van der Waals surface area contributed by atoms with Gasteiger partial charge in [-0.3, -0.25) is 0 Å². The third-order valence-electron chi connectivity index (χ3n) is 5.55. The highest BCUT2D eigenvalue weighted by molar-refractivity contribution is 5.85. The number of fused-ring (bicyclic) bond motifs is 1. The third-order valence-corrected chi connectivity index (χ3v) is 5.55. The standard InChI is InChI=1S/C29H25F/c1-3-22-8-10-24(11-9-22)14-16-26-17-18-27-20-25(15-19-28(27)29(26)30)13-12-23-6-4-21(2)5-7-23/h4-11,15,17-20H,3,12-13H2,1-2H3. The highest BCUT2D eigenvalue weighted by atomic mass is 19.1. The van der Waals surface area contributed by atoms with Gasteiger partial charge in [0.2, 0.25) is 0 Å². The van der Waals surface area contributed by atoms with Gasteiger partial charge in [-0.2, -0.15) is 0 Å². The predicted octanol–water partition coefficient (Wildman–Crippen LogP) is 7.03. The van der Waals surface area contributed by atoms with Gasteiger partial charge in [0, 0.05) is 10.9 Å². The summed E-state index contributed by atoms with van der Waals surface area (Å²) in [6.45, 7) is 4.22. The molecule has 0 fully saturated rings. The van der Waals surface area contributed by atoms with E-state index in [4.69, 9.17) is 0 Å². The Morgan fingerprint density at radius 1 is 0.700 bits per heavy atom. The molecule has 4 rings (SSSR count). The van der Waals surface area contributed by atoms with E-state index in [9.17, 15) is 0 Å². The smallest absolute Gasteiger partial charge is 0.146 e. The lowest BCUT2D eigenvalue weighted by Gasteiger charge is -2.07. The zero-order chi connectivity index (χ0) is 20.9. The van der Waals surface area contributed by atoms with Crippen molar-refractivity contribution in [3.63, 3.8) is 0 Å². The zero-order valence-electron chi connectivity index (χ0n) is 17.5. The van der Waals surface area contributed by atoms with Crippen LogP contribution in [0.25, 0.3) is 10.8 Å². The summed E-state index contributed by atoms with van der Waals surface area (Å²) in [6.07, 6.45) is 2.92. The Kier molecular flexibility index (Phi) is 5.96. The van der Waals surface area contributed by atoms with Gasteiger partial charge in [0.25, 0.3) is 0 Å². The molecule has 0 saturated heterocycles. The maximum Gasteiger partial charge on any atom is 0.146 e. The van der Waals surface area contributed by atoms with Crippen LogP contribution in [0.2, 0.25) is 0 Å². The van der Waals surface area contributed by atoms with E-state index in [-0.39, 0.29) is 5.82 Å². The fourth-order valence-corrected chi connectivity index (χ4v) is 3.60. The molecule has 0 aliphatic heterocycles. The lowest BCUT2D eigenvalue weighted by molar-refractivity contribution is 0.636. The van der Waals surface area contributed by atoms with E-state index in [1.807, 2.05) is 30.3 Å². The normalized spacial score (nSPS) is 10.6. The topological polar surface area (TPSA) is 0 Å². The van der Waals surface area contributed by atoms with Crippen LogP contribution in [-0.4, -0.2) is 0 Å². The molecule has 0 unspecified atom stereocenters. The maximum atomic E-state index is 15.0. The predicted molar refractivity (Wildman–Crippen MR) is 124 cm³/mol. The zero-order valence-corrected chi connectivity index (χ0v) is 17.5. The lowest BCUT2D eigenvalue weighted by Crippen LogP contribution is -1.93. The Hall–Kier alpha value is -3.37. The van der Waals surface area contributed by atoms with E-state index >= 15 is 4.39 Å². The first-order valence-corrected chi connectivity index (χ1v) is 10.5. The van der Waals surface area contributed by atoms with Crippen LogP contribution in [0.5, 0.6) is 0 Å². The number of halogens is 1. The molecule has 0 aromatic heterocycles. The van der Waals surface area contributed by atoms with Crippen LogP contribution in [0.3, 0.4) is 0 Å². The van der Waals surface area contributed by atoms with Crippen LogP contribution in [0, 0.1) is 24.6 Å². The van der Waals surface area contributed by atoms with Crippen molar-refractivity contribution in [2.24, 2.45) is 0 Å². The molecule has 30 heavy (non-hydrogen) atoms. The first kappa shape index (κ1) is 19.9. The fourth-order valence-electron chi connectivity index (χ4n) is 3.60. The van der Waals surface area contributed by atoms with Crippen LogP contribution in [0.1, 0.15) is 40.3 Å². The molecule has 0 amide bonds. The minimum absolute atomic E-state index is 0.240. The van der Waals surface area contributed by atoms with E-state index in [0.29, 0.717) is 10.9 Å². The van der Waals surface area contributed by atoms with Gasteiger partial charge in [-0.15, -0.1) is 0 Å². The second-order valence-corrected chi connectivity index (χ2v) is 7.77. The van der Waals surface area contributed by atoms with Crippen molar-refractivity contribution in [2.45, 2.75) is 33.1 Å². The molecule has 0 saturated carbocycles. The summed E-state index contributed by atoms with van der Waals surface area (Å²) >= 11 is 0. The highest BCUT2D eigenvalue weighted by Crippen LogP contribution is 2.23. The Labute approximate surface area is 178 Å². The minimum atomic E-state index is -0.240. The van der Waals surface area contributed by atoms with Crippen molar-refractivity contribution in [1.82, 2.24) is 0 Å². The van der Waals surface area contributed by atoms with Crippen molar-refractivity contribution in [2.75, 3.05) is 0 Å². The van der Waals surface area contributed by atoms with Gasteiger partial charge in [-0.1, -0.05) is 85.0 Å². The molecule has 0 atom stereocenters. The molecule has 0 aliphatic carbocycles. The SMILES string of the molecule is CCc1ccc(C#Cc2ccc3cc(CCc4ccc(C)cc4)ccc3c2F)cc1. The monoisotopic (exact) mass is 392 g/mol. The van der Waals surface area contributed by atoms with Gasteiger partial charge in [0.1, 0.15) is 5.82 Å². The Balaban J connectivity index is 1.53. The number of rotatable bonds is 4. The van der Waals surface area contributed by atoms with Crippen molar-refractivity contribution in [1.29, 1.82) is 0 Å². The number of aryl methyl sites for hydroxylation is 4. The van der Waals surface area contributed by atoms with Crippen molar-refractivity contribution >= 4 is 10.8 Å². The molecular formula is C29H25F. The van der Waals surface area contributed by atoms with Gasteiger partial charge >= 0.3 is 0 Å². The molecule has 0 N–H and O–H groups in total. The molecule has 0 radical (unpaired) electrons. The third kappa shape index (κ3) is 4.61. The average Bonchev–Trinajstić information content (AvgIpc) is 2.78. The Morgan fingerprint density at radius 3 is 2.10 bits per heavy atom. The van der Waals surface area contributed by atoms with E-state index in [0.717, 1.165) is 30.2 Å². The summed E-state index contributed by atoms with van der Waals surface area (Å²) in [5.74, 6) is 5.84. The minimum Gasteiger partial charge on any atom is -0.205 e. The van der Waals surface area contributed by atoms with Crippen LogP contribution in [0.4, 0.5) is 4.39 Å². The van der Waals surface area contributed by atoms with E-state index in [2.05, 4.69) is 68.2 Å². The Bertz CT molecular complexity index is 1220. The van der Waals surface area contributed by atoms with Gasteiger partial charge in [0.15, 0.2) is 0 Å². The summed E-state index contributed by atoms with van der Waals surface area (Å²) < 4.78 is 15.0. The molecular weight excluding hydrogens is 367 g/mol. The fraction of sp³-hybridized carbons (Fsp3) is 0.172. The molecule has 0 nitrogen and oxygen atoms in total. The van der Waals surface area contributed by atoms with Crippen LogP contribution < -0.4 is 0 Å². The average molecular weight is 393 g/mol. The summed E-state index contributed by atoms with van der Waals surface area (Å²) in [7, 11) is 0. The molecule has 4 aromatic carbocycles. The Morgan fingerprint density at radius 2 is 1.37 bits per heavy atom. The molecule has 0 spiro atoms. The van der Waals surface area contributed by atoms with Crippen LogP contribution in [-0.2, 0) is 19.3 Å². The van der Waals surface area contributed by atoms with Gasteiger partial charge < -0.3 is 0 Å². The summed E-state index contributed by atoms with van der Waals surface area (Å²) in [5.41, 5.74) is 6.43. The van der Waals surface area contributed by atoms with Crippen molar-refractivity contribution < 1.29 is 4.39 Å². The van der Waals surface area contributed by atoms with E-state index in [1.165, 1.54) is 22.3 Å². The number of hydrogen-bond acceptors (Lipinski definition) is 0. The number of hydrogen-bond donors (Lipinski definition) is 0. The van der Waals surface area contributed by atoms with E-state index in [1.54, 1.807) is 6.07 Å². The lowest BCUT2D eigenvalue weighted by atomic mass is 9.99. The second kappa shape index (κ2) is 8.97. The summed E-state index contributed by atoms with van der Waals surface area (Å²) in [5, 5.41) is 1.55. The maximum absolute atomic E-state index is 15.0. The molecule has 0 heterocycles. The van der Waals surface area contributed by atoms with Crippen molar-refractivity contribution in [3.8, 4) is 11.8 Å². The first-order valence-electron chi connectivity index (χ1n) is 10.5. The van der Waals surface area contributed by atoms with Gasteiger partial charge in [0.05, 0.1) is 5.56 Å². The second-order valence-electron chi connectivity index (χ2n) is 7.77.